The van der Waals surface area contributed by atoms with E-state index in [1.54, 1.807) is 39.9 Å². The van der Waals surface area contributed by atoms with E-state index in [1.807, 2.05) is 12.1 Å². The molecule has 1 saturated heterocycles. The summed E-state index contributed by atoms with van der Waals surface area (Å²) in [6, 6.07) is 9.00. The van der Waals surface area contributed by atoms with Crippen LogP contribution in [0.25, 0.3) is 11.7 Å². The Morgan fingerprint density at radius 2 is 2.11 bits per heavy atom. The predicted octanol–water partition coefficient (Wildman–Crippen LogP) is 1.53. The molecule has 4 heterocycles. The Labute approximate surface area is 208 Å². The smallest absolute Gasteiger partial charge is 0.409 e. The average molecular weight is 511 g/mol. The number of H-pyrrole nitrogens is 2. The number of hydrogen-bond acceptors (Lipinski definition) is 8. The number of ether oxygens (including phenoxy) is 1. The topological polar surface area (TPSA) is 153 Å². The SMILES string of the molecule is COC(=O)N1CCC(N=c2cc(Nc3cccc(Cl)c3)nc3/c(=C\c4[nH]c(=O)[nH]c4O)cnn23)CC1. The van der Waals surface area contributed by atoms with Crippen LogP contribution in [0.15, 0.2) is 46.3 Å². The van der Waals surface area contributed by atoms with Gasteiger partial charge >= 0.3 is 11.8 Å². The van der Waals surface area contributed by atoms with Crippen molar-refractivity contribution < 1.29 is 14.6 Å². The molecule has 12 nitrogen and oxygen atoms in total. The number of aromatic hydroxyl groups is 1. The van der Waals surface area contributed by atoms with Gasteiger partial charge in [-0.15, -0.1) is 0 Å². The number of carbonyl (C=O) groups is 1. The van der Waals surface area contributed by atoms with Crippen LogP contribution in [0.4, 0.5) is 16.3 Å². The number of hydrogen-bond donors (Lipinski definition) is 4. The Hall–Kier alpha value is -4.32. The molecule has 4 aromatic rings. The van der Waals surface area contributed by atoms with Gasteiger partial charge < -0.3 is 25.0 Å². The quantitative estimate of drug-likeness (QED) is 0.324. The fourth-order valence-corrected chi connectivity index (χ4v) is 4.27. The zero-order valence-corrected chi connectivity index (χ0v) is 20.0. The molecule has 36 heavy (non-hydrogen) atoms. The minimum absolute atomic E-state index is 0.0303. The van der Waals surface area contributed by atoms with Gasteiger partial charge in [-0.3, -0.25) is 9.98 Å². The standard InChI is InChI=1S/C23H23ClN8O4/c1-36-23(35)31-7-5-15(6-8-31)27-19-11-18(26-16-4-2-3-14(24)10-16)29-20-13(12-25-32(19)20)9-17-21(33)30-22(34)28-17/h2-4,9-12,15,26,33H,5-8H2,1H3,(H2,28,30,34)/b13-9-,27-19?. The van der Waals surface area contributed by atoms with Crippen molar-refractivity contribution >= 4 is 40.9 Å². The maximum absolute atomic E-state index is 11.8. The van der Waals surface area contributed by atoms with Crippen LogP contribution >= 0.6 is 11.6 Å². The third-order valence-corrected chi connectivity index (χ3v) is 6.06. The molecule has 1 aromatic carbocycles. The molecule has 4 N–H and O–H groups in total. The Morgan fingerprint density at radius 1 is 1.31 bits per heavy atom. The lowest BCUT2D eigenvalue weighted by atomic mass is 10.1. The monoisotopic (exact) mass is 510 g/mol. The van der Waals surface area contributed by atoms with Crippen LogP contribution in [-0.4, -0.2) is 66.9 Å². The van der Waals surface area contributed by atoms with Crippen LogP contribution in [0.1, 0.15) is 18.5 Å². The molecule has 1 amide bonds. The predicted molar refractivity (Wildman–Crippen MR) is 132 cm³/mol. The summed E-state index contributed by atoms with van der Waals surface area (Å²) in [5.41, 5.74) is 1.45. The van der Waals surface area contributed by atoms with E-state index in [9.17, 15) is 14.7 Å². The van der Waals surface area contributed by atoms with Gasteiger partial charge in [0.25, 0.3) is 0 Å². The van der Waals surface area contributed by atoms with Gasteiger partial charge in [0, 0.05) is 35.1 Å². The second-order valence-electron chi connectivity index (χ2n) is 8.27. The highest BCUT2D eigenvalue weighted by molar-refractivity contribution is 6.30. The third-order valence-electron chi connectivity index (χ3n) is 5.82. The van der Waals surface area contributed by atoms with Gasteiger partial charge in [-0.1, -0.05) is 17.7 Å². The van der Waals surface area contributed by atoms with Gasteiger partial charge in [0.2, 0.25) is 5.88 Å². The summed E-state index contributed by atoms with van der Waals surface area (Å²) >= 11 is 6.14. The number of amides is 1. The van der Waals surface area contributed by atoms with Crippen LogP contribution in [0, 0.1) is 0 Å². The lowest BCUT2D eigenvalue weighted by Crippen LogP contribution is -2.40. The fraction of sp³-hybridized carbons (Fsp3) is 0.261. The van der Waals surface area contributed by atoms with Crippen molar-refractivity contribution in [1.82, 2.24) is 29.5 Å². The molecular weight excluding hydrogens is 488 g/mol. The number of methoxy groups -OCH3 is 1. The summed E-state index contributed by atoms with van der Waals surface area (Å²) in [6.45, 7) is 1.09. The molecule has 1 fully saturated rings. The van der Waals surface area contributed by atoms with Crippen molar-refractivity contribution in [2.75, 3.05) is 25.5 Å². The van der Waals surface area contributed by atoms with Gasteiger partial charge in [-0.25, -0.2) is 14.6 Å². The first-order valence-electron chi connectivity index (χ1n) is 11.2. The Balaban J connectivity index is 1.58. The maximum Gasteiger partial charge on any atom is 0.409 e. The molecule has 3 aromatic heterocycles. The Bertz CT molecular complexity index is 1600. The summed E-state index contributed by atoms with van der Waals surface area (Å²) in [5.74, 6) is 0.229. The number of aromatic nitrogens is 5. The molecule has 13 heteroatoms. The zero-order chi connectivity index (χ0) is 25.2. The molecule has 0 spiro atoms. The molecule has 0 atom stereocenters. The van der Waals surface area contributed by atoms with E-state index in [-0.39, 0.29) is 23.7 Å². The molecule has 0 bridgehead atoms. The molecule has 1 aliphatic heterocycles. The molecule has 186 valence electrons. The van der Waals surface area contributed by atoms with E-state index in [4.69, 9.17) is 26.3 Å². The number of rotatable bonds is 4. The van der Waals surface area contributed by atoms with Gasteiger partial charge in [-0.05, 0) is 37.1 Å². The van der Waals surface area contributed by atoms with E-state index >= 15 is 0 Å². The highest BCUT2D eigenvalue weighted by Crippen LogP contribution is 2.19. The first-order chi connectivity index (χ1) is 17.4. The van der Waals surface area contributed by atoms with Crippen LogP contribution < -0.4 is 21.7 Å². The van der Waals surface area contributed by atoms with Crippen molar-refractivity contribution in [1.29, 1.82) is 0 Å². The summed E-state index contributed by atoms with van der Waals surface area (Å²) in [7, 11) is 1.37. The second-order valence-corrected chi connectivity index (χ2v) is 8.71. The van der Waals surface area contributed by atoms with E-state index in [2.05, 4.69) is 20.4 Å². The van der Waals surface area contributed by atoms with Crippen molar-refractivity contribution in [3.05, 3.63) is 68.4 Å². The Morgan fingerprint density at radius 3 is 2.81 bits per heavy atom. The molecule has 0 aliphatic carbocycles. The average Bonchev–Trinajstić information content (AvgIpc) is 3.41. The van der Waals surface area contributed by atoms with Crippen molar-refractivity contribution in [2.45, 2.75) is 18.9 Å². The van der Waals surface area contributed by atoms with Crippen LogP contribution in [0.2, 0.25) is 5.02 Å². The Kier molecular flexibility index (Phi) is 6.34. The summed E-state index contributed by atoms with van der Waals surface area (Å²) in [4.78, 5) is 39.4. The fourth-order valence-electron chi connectivity index (χ4n) is 4.08. The first kappa shape index (κ1) is 23.4. The minimum Gasteiger partial charge on any atom is -0.493 e. The number of likely N-dealkylation sites (tertiary alicyclic amines) is 1. The van der Waals surface area contributed by atoms with E-state index < -0.39 is 5.69 Å². The number of benzene rings is 1. The molecule has 0 saturated carbocycles. The zero-order valence-electron chi connectivity index (χ0n) is 19.2. The van der Waals surface area contributed by atoms with Gasteiger partial charge in [0.15, 0.2) is 11.1 Å². The summed E-state index contributed by atoms with van der Waals surface area (Å²) in [6.07, 6.45) is 4.16. The number of imidazole rings is 1. The van der Waals surface area contributed by atoms with E-state index in [0.717, 1.165) is 5.69 Å². The highest BCUT2D eigenvalue weighted by Gasteiger charge is 2.23. The van der Waals surface area contributed by atoms with Crippen LogP contribution in [-0.2, 0) is 4.74 Å². The van der Waals surface area contributed by atoms with Crippen molar-refractivity contribution in [2.24, 2.45) is 4.99 Å². The minimum atomic E-state index is -0.527. The molecule has 5 rings (SSSR count). The molecule has 0 radical (unpaired) electrons. The number of aromatic amines is 2. The maximum atomic E-state index is 11.8. The number of nitrogens with one attached hydrogen (secondary N) is 3. The number of anilines is 2. The molecular formula is C23H23ClN8O4. The van der Waals surface area contributed by atoms with Gasteiger partial charge in [0.1, 0.15) is 11.5 Å². The van der Waals surface area contributed by atoms with Crippen LogP contribution in [0.5, 0.6) is 5.88 Å². The summed E-state index contributed by atoms with van der Waals surface area (Å²) < 4.78 is 6.41. The molecule has 0 unspecified atom stereocenters. The van der Waals surface area contributed by atoms with E-state index in [0.29, 0.717) is 53.1 Å². The lowest BCUT2D eigenvalue weighted by molar-refractivity contribution is 0.112. The van der Waals surface area contributed by atoms with Crippen molar-refractivity contribution in [3.8, 4) is 5.88 Å². The number of halogens is 1. The van der Waals surface area contributed by atoms with Crippen LogP contribution in [0.3, 0.4) is 0 Å². The number of nitrogens with zero attached hydrogens (tertiary/aromatic N) is 5. The number of piperidine rings is 1. The summed E-state index contributed by atoms with van der Waals surface area (Å²) in [5, 5.41) is 18.8. The normalized spacial score (nSPS) is 15.6. The van der Waals surface area contributed by atoms with Gasteiger partial charge in [0.05, 0.1) is 19.3 Å². The van der Waals surface area contributed by atoms with Gasteiger partial charge in [-0.2, -0.15) is 9.61 Å². The third kappa shape index (κ3) is 4.89. The number of fused-ring (bicyclic) bond motifs is 1. The number of carbonyl (C=O) groups excluding carboxylic acids is 1. The first-order valence-corrected chi connectivity index (χ1v) is 11.6. The highest BCUT2D eigenvalue weighted by atomic mass is 35.5. The molecule has 1 aliphatic rings. The largest absolute Gasteiger partial charge is 0.493 e. The van der Waals surface area contributed by atoms with Crippen molar-refractivity contribution in [3.63, 3.8) is 0 Å². The van der Waals surface area contributed by atoms with E-state index in [1.165, 1.54) is 7.11 Å². The second kappa shape index (κ2) is 9.74. The lowest BCUT2D eigenvalue weighted by Gasteiger charge is -2.28.